The van der Waals surface area contributed by atoms with Gasteiger partial charge in [-0.25, -0.2) is 0 Å². The van der Waals surface area contributed by atoms with Crippen LogP contribution < -0.4 is 9.47 Å². The first-order chi connectivity index (χ1) is 14.6. The van der Waals surface area contributed by atoms with Crippen LogP contribution in [0.15, 0.2) is 41.3 Å². The van der Waals surface area contributed by atoms with Crippen LogP contribution in [0.4, 0.5) is 0 Å². The van der Waals surface area contributed by atoms with E-state index in [0.717, 1.165) is 16.7 Å². The number of rotatable bonds is 8. The van der Waals surface area contributed by atoms with Gasteiger partial charge in [0.1, 0.15) is 0 Å². The Morgan fingerprint density at radius 3 is 2.29 bits per heavy atom. The highest BCUT2D eigenvalue weighted by Gasteiger charge is 2.43. The van der Waals surface area contributed by atoms with Gasteiger partial charge in [0.05, 0.1) is 31.3 Å². The number of aryl methyl sites for hydroxylation is 2. The van der Waals surface area contributed by atoms with Crippen molar-refractivity contribution in [1.82, 2.24) is 0 Å². The zero-order valence-corrected chi connectivity index (χ0v) is 19.7. The Hall–Kier alpha value is -2.09. The summed E-state index contributed by atoms with van der Waals surface area (Å²) in [6.45, 7) is 5.93. The molecule has 170 valence electrons. The molecule has 0 aliphatic heterocycles. The van der Waals surface area contributed by atoms with Crippen molar-refractivity contribution in [3.8, 4) is 11.5 Å². The Balaban J connectivity index is 1.81. The van der Waals surface area contributed by atoms with E-state index in [4.69, 9.17) is 13.7 Å². The lowest BCUT2D eigenvalue weighted by atomic mass is 9.66. The van der Waals surface area contributed by atoms with Gasteiger partial charge < -0.3 is 14.6 Å². The van der Waals surface area contributed by atoms with E-state index in [2.05, 4.69) is 13.8 Å². The number of benzene rings is 2. The van der Waals surface area contributed by atoms with Gasteiger partial charge in [-0.2, -0.15) is 8.42 Å². The van der Waals surface area contributed by atoms with Crippen LogP contribution in [0.1, 0.15) is 49.3 Å². The summed E-state index contributed by atoms with van der Waals surface area (Å²) in [6.07, 6.45) is 1.40. The van der Waals surface area contributed by atoms with Crippen molar-refractivity contribution < 1.29 is 27.2 Å². The lowest BCUT2D eigenvalue weighted by Gasteiger charge is -2.43. The second kappa shape index (κ2) is 9.18. The quantitative estimate of drug-likeness (QED) is 0.609. The van der Waals surface area contributed by atoms with Crippen LogP contribution in [-0.2, 0) is 20.7 Å². The topological polar surface area (TPSA) is 82.1 Å². The van der Waals surface area contributed by atoms with Crippen molar-refractivity contribution in [2.75, 3.05) is 20.8 Å². The van der Waals surface area contributed by atoms with Crippen molar-refractivity contribution in [2.24, 2.45) is 5.92 Å². The van der Waals surface area contributed by atoms with Gasteiger partial charge in [0, 0.05) is 12.3 Å². The summed E-state index contributed by atoms with van der Waals surface area (Å²) in [5, 5.41) is 11.6. The number of methoxy groups -OCH3 is 2. The second-order valence-electron chi connectivity index (χ2n) is 8.57. The largest absolute Gasteiger partial charge is 0.493 e. The monoisotopic (exact) mass is 448 g/mol. The van der Waals surface area contributed by atoms with Gasteiger partial charge in [0.25, 0.3) is 10.1 Å². The van der Waals surface area contributed by atoms with E-state index in [1.165, 1.54) is 12.1 Å². The van der Waals surface area contributed by atoms with Crippen LogP contribution in [0.25, 0.3) is 0 Å². The first-order valence-electron chi connectivity index (χ1n) is 10.5. The summed E-state index contributed by atoms with van der Waals surface area (Å²) in [5.74, 6) is 1.24. The number of aliphatic hydroxyl groups is 1. The standard InChI is InChI=1S/C24H32O6S/c1-16(2)23-20-15-22(29-5)21(28-4)14-18(20)10-11-24(23,25)12-13-30-31(26,27)19-8-6-17(3)7-9-19/h6-9,14-16,23,25H,10-13H2,1-5H3/t23-,24+/m0/s1. The average molecular weight is 449 g/mol. The van der Waals surface area contributed by atoms with Crippen LogP contribution in [0.5, 0.6) is 11.5 Å². The minimum absolute atomic E-state index is 0.0848. The van der Waals surface area contributed by atoms with Gasteiger partial charge in [0.15, 0.2) is 11.5 Å². The van der Waals surface area contributed by atoms with Crippen molar-refractivity contribution in [1.29, 1.82) is 0 Å². The predicted molar refractivity (Wildman–Crippen MR) is 119 cm³/mol. The summed E-state index contributed by atoms with van der Waals surface area (Å²) in [5.41, 5.74) is 2.03. The Kier molecular flexibility index (Phi) is 6.98. The first kappa shape index (κ1) is 23.6. The first-order valence-corrected chi connectivity index (χ1v) is 12.0. The second-order valence-corrected chi connectivity index (χ2v) is 10.2. The van der Waals surface area contributed by atoms with Crippen molar-refractivity contribution in [3.05, 3.63) is 53.1 Å². The highest BCUT2D eigenvalue weighted by Crippen LogP contribution is 2.48. The maximum Gasteiger partial charge on any atom is 0.296 e. The molecule has 0 spiro atoms. The molecule has 2 aromatic rings. The molecule has 1 aliphatic carbocycles. The maximum absolute atomic E-state index is 12.5. The summed E-state index contributed by atoms with van der Waals surface area (Å²) in [4.78, 5) is 0.122. The van der Waals surface area contributed by atoms with Crippen molar-refractivity contribution in [2.45, 2.75) is 56.4 Å². The van der Waals surface area contributed by atoms with Crippen molar-refractivity contribution >= 4 is 10.1 Å². The molecule has 0 amide bonds. The zero-order chi connectivity index (χ0) is 22.8. The molecule has 0 heterocycles. The van der Waals surface area contributed by atoms with Gasteiger partial charge in [-0.3, -0.25) is 4.18 Å². The summed E-state index contributed by atoms with van der Waals surface area (Å²) < 4.78 is 41.2. The summed E-state index contributed by atoms with van der Waals surface area (Å²) >= 11 is 0. The molecule has 1 aliphatic rings. The number of fused-ring (bicyclic) bond motifs is 1. The van der Waals surface area contributed by atoms with Gasteiger partial charge >= 0.3 is 0 Å². The van der Waals surface area contributed by atoms with Gasteiger partial charge in [0.2, 0.25) is 0 Å². The van der Waals surface area contributed by atoms with Crippen LogP contribution in [0.2, 0.25) is 0 Å². The Labute approximate surface area is 185 Å². The minimum Gasteiger partial charge on any atom is -0.493 e. The van der Waals surface area contributed by atoms with E-state index in [9.17, 15) is 13.5 Å². The Morgan fingerprint density at radius 1 is 1.10 bits per heavy atom. The molecule has 31 heavy (non-hydrogen) atoms. The third-order valence-electron chi connectivity index (χ3n) is 6.14. The van der Waals surface area contributed by atoms with Gasteiger partial charge in [-0.05, 0) is 61.1 Å². The highest BCUT2D eigenvalue weighted by molar-refractivity contribution is 7.86. The number of hydrogen-bond acceptors (Lipinski definition) is 6. The molecular formula is C24H32O6S. The third-order valence-corrected chi connectivity index (χ3v) is 7.46. The molecule has 2 aromatic carbocycles. The fraction of sp³-hybridized carbons (Fsp3) is 0.500. The fourth-order valence-electron chi connectivity index (χ4n) is 4.60. The molecule has 0 saturated carbocycles. The SMILES string of the molecule is COc1cc2c(cc1OC)[C@H](C(C)C)[C@](O)(CCOS(=O)(=O)c1ccc(C)cc1)CC2. The molecule has 6 nitrogen and oxygen atoms in total. The molecule has 3 rings (SSSR count). The molecule has 0 aromatic heterocycles. The van der Waals surface area contributed by atoms with Gasteiger partial charge in [-0.15, -0.1) is 0 Å². The third kappa shape index (κ3) is 4.89. The molecule has 0 fully saturated rings. The minimum atomic E-state index is -3.87. The smallest absolute Gasteiger partial charge is 0.296 e. The van der Waals surface area contributed by atoms with E-state index in [1.807, 2.05) is 19.1 Å². The van der Waals surface area contributed by atoms with E-state index < -0.39 is 15.7 Å². The molecule has 0 unspecified atom stereocenters. The van der Waals surface area contributed by atoms with Crippen LogP contribution in [-0.4, -0.2) is 40.0 Å². The zero-order valence-electron chi connectivity index (χ0n) is 18.8. The van der Waals surface area contributed by atoms with E-state index >= 15 is 0 Å². The van der Waals surface area contributed by atoms with Crippen LogP contribution >= 0.6 is 0 Å². The van der Waals surface area contributed by atoms with Crippen LogP contribution in [0, 0.1) is 12.8 Å². The molecule has 0 bridgehead atoms. The van der Waals surface area contributed by atoms with E-state index in [-0.39, 0.29) is 29.8 Å². The predicted octanol–water partition coefficient (Wildman–Crippen LogP) is 4.22. The van der Waals surface area contributed by atoms with E-state index in [0.29, 0.717) is 24.3 Å². The lowest BCUT2D eigenvalue weighted by molar-refractivity contribution is -0.0328. The molecule has 7 heteroatoms. The summed E-state index contributed by atoms with van der Waals surface area (Å²) in [6, 6.07) is 10.4. The highest BCUT2D eigenvalue weighted by atomic mass is 32.2. The van der Waals surface area contributed by atoms with E-state index in [1.54, 1.807) is 26.4 Å². The average Bonchev–Trinajstić information content (AvgIpc) is 2.72. The molecular weight excluding hydrogens is 416 g/mol. The Bertz CT molecular complexity index is 1010. The Morgan fingerprint density at radius 2 is 1.71 bits per heavy atom. The normalized spacial score (nSPS) is 21.1. The molecule has 1 N–H and O–H groups in total. The maximum atomic E-state index is 12.5. The van der Waals surface area contributed by atoms with Gasteiger partial charge in [-0.1, -0.05) is 31.5 Å². The number of ether oxygens (including phenoxy) is 2. The number of hydrogen-bond donors (Lipinski definition) is 1. The molecule has 0 radical (unpaired) electrons. The fourth-order valence-corrected chi connectivity index (χ4v) is 5.51. The molecule has 0 saturated heterocycles. The van der Waals surface area contributed by atoms with Crippen LogP contribution in [0.3, 0.4) is 0 Å². The lowest BCUT2D eigenvalue weighted by Crippen LogP contribution is -2.44. The summed E-state index contributed by atoms with van der Waals surface area (Å²) in [7, 11) is -0.673. The van der Waals surface area contributed by atoms with Crippen molar-refractivity contribution in [3.63, 3.8) is 0 Å². The molecule has 2 atom stereocenters.